The molecule has 0 radical (unpaired) electrons. The Kier molecular flexibility index (Phi) is 3.54. The van der Waals surface area contributed by atoms with Crippen molar-refractivity contribution in [1.29, 1.82) is 0 Å². The zero-order valence-electron chi connectivity index (χ0n) is 9.67. The van der Waals surface area contributed by atoms with Crippen LogP contribution in [-0.2, 0) is 0 Å². The Morgan fingerprint density at radius 2 is 0.944 bits per heavy atom. The summed E-state index contributed by atoms with van der Waals surface area (Å²) < 4.78 is 0. The summed E-state index contributed by atoms with van der Waals surface area (Å²) in [5.74, 6) is 5.10. The van der Waals surface area contributed by atoms with E-state index in [4.69, 9.17) is 12.8 Å². The van der Waals surface area contributed by atoms with Gasteiger partial charge < -0.3 is 0 Å². The predicted molar refractivity (Wildman–Crippen MR) is 72.9 cm³/mol. The van der Waals surface area contributed by atoms with Gasteiger partial charge in [-0.2, -0.15) is 10.2 Å². The fourth-order valence-corrected chi connectivity index (χ4v) is 1.36. The predicted octanol–water partition coefficient (Wildman–Crippen LogP) is 4.06. The smallest absolute Gasteiger partial charge is 0.0857 e. The summed E-state index contributed by atoms with van der Waals surface area (Å²) in [5, 5.41) is 8.22. The third kappa shape index (κ3) is 2.84. The lowest BCUT2D eigenvalue weighted by molar-refractivity contribution is 1.23. The molecule has 0 aliphatic heterocycles. The van der Waals surface area contributed by atoms with Crippen LogP contribution in [0.1, 0.15) is 11.1 Å². The number of hydrogen-bond donors (Lipinski definition) is 0. The molecule has 84 valence electrons. The van der Waals surface area contributed by atoms with Gasteiger partial charge in [0.2, 0.25) is 0 Å². The van der Waals surface area contributed by atoms with Crippen molar-refractivity contribution in [2.75, 3.05) is 0 Å². The summed E-state index contributed by atoms with van der Waals surface area (Å²) >= 11 is 0. The maximum absolute atomic E-state index is 5.27. The van der Waals surface area contributed by atoms with E-state index in [2.05, 4.69) is 22.1 Å². The zero-order valence-corrected chi connectivity index (χ0v) is 9.67. The number of terminal acetylenes is 2. The van der Waals surface area contributed by atoms with Crippen molar-refractivity contribution in [2.45, 2.75) is 0 Å². The monoisotopic (exact) mass is 230 g/mol. The number of hydrogen-bond acceptors (Lipinski definition) is 2. The van der Waals surface area contributed by atoms with Gasteiger partial charge >= 0.3 is 0 Å². The fourth-order valence-electron chi connectivity index (χ4n) is 1.36. The highest BCUT2D eigenvalue weighted by molar-refractivity contribution is 5.46. The lowest BCUT2D eigenvalue weighted by Crippen LogP contribution is -1.71. The van der Waals surface area contributed by atoms with Gasteiger partial charge in [-0.25, -0.2) is 0 Å². The summed E-state index contributed by atoms with van der Waals surface area (Å²) in [5.41, 5.74) is 3.17. The molecule has 0 aliphatic rings. The lowest BCUT2D eigenvalue weighted by Gasteiger charge is -1.94. The van der Waals surface area contributed by atoms with Crippen molar-refractivity contribution < 1.29 is 0 Å². The van der Waals surface area contributed by atoms with Gasteiger partial charge in [0.25, 0.3) is 0 Å². The SMILES string of the molecule is C#Cc1ccc(N=Nc2ccc(C#C)cc2)cc1. The lowest BCUT2D eigenvalue weighted by atomic mass is 10.2. The zero-order chi connectivity index (χ0) is 12.8. The topological polar surface area (TPSA) is 24.7 Å². The van der Waals surface area contributed by atoms with Crippen LogP contribution in [0.3, 0.4) is 0 Å². The van der Waals surface area contributed by atoms with E-state index in [1.807, 2.05) is 48.5 Å². The molecule has 0 N–H and O–H groups in total. The molecular weight excluding hydrogens is 220 g/mol. The van der Waals surface area contributed by atoms with E-state index >= 15 is 0 Å². The molecule has 2 aromatic carbocycles. The maximum Gasteiger partial charge on any atom is 0.0857 e. The van der Waals surface area contributed by atoms with Gasteiger partial charge in [0.1, 0.15) is 0 Å². The molecule has 0 aromatic heterocycles. The van der Waals surface area contributed by atoms with E-state index in [0.717, 1.165) is 22.5 Å². The fraction of sp³-hybridized carbons (Fsp3) is 0. The highest BCUT2D eigenvalue weighted by Gasteiger charge is 1.92. The maximum atomic E-state index is 5.27. The summed E-state index contributed by atoms with van der Waals surface area (Å²) in [6.07, 6.45) is 10.5. The first kappa shape index (κ1) is 11.6. The van der Waals surface area contributed by atoms with Crippen LogP contribution in [0.4, 0.5) is 11.4 Å². The summed E-state index contributed by atoms with van der Waals surface area (Å²) in [4.78, 5) is 0. The molecule has 2 rings (SSSR count). The summed E-state index contributed by atoms with van der Waals surface area (Å²) in [6.45, 7) is 0. The van der Waals surface area contributed by atoms with E-state index < -0.39 is 0 Å². The Labute approximate surface area is 106 Å². The molecule has 18 heavy (non-hydrogen) atoms. The van der Waals surface area contributed by atoms with Gasteiger partial charge in [0, 0.05) is 11.1 Å². The van der Waals surface area contributed by atoms with E-state index in [-0.39, 0.29) is 0 Å². The van der Waals surface area contributed by atoms with Crippen LogP contribution < -0.4 is 0 Å². The van der Waals surface area contributed by atoms with Gasteiger partial charge in [0.05, 0.1) is 11.4 Å². The van der Waals surface area contributed by atoms with Crippen molar-refractivity contribution in [3.8, 4) is 24.7 Å². The molecule has 0 saturated carbocycles. The molecule has 2 aromatic rings. The standard InChI is InChI=1S/C16H10N2/c1-3-13-5-9-15(10-6-13)17-18-16-11-7-14(4-2)8-12-16/h1-2,5-12H. The first-order valence-corrected chi connectivity index (χ1v) is 5.37. The van der Waals surface area contributed by atoms with Crippen molar-refractivity contribution >= 4 is 11.4 Å². The molecule has 0 unspecified atom stereocenters. The second-order valence-electron chi connectivity index (χ2n) is 3.58. The Morgan fingerprint density at radius 3 is 1.22 bits per heavy atom. The van der Waals surface area contributed by atoms with Crippen LogP contribution in [0, 0.1) is 24.7 Å². The average molecular weight is 230 g/mol. The van der Waals surface area contributed by atoms with E-state index in [1.165, 1.54) is 0 Å². The Balaban J connectivity index is 2.14. The third-order valence-corrected chi connectivity index (χ3v) is 2.35. The van der Waals surface area contributed by atoms with E-state index in [1.54, 1.807) is 0 Å². The largest absolute Gasteiger partial charge is 0.151 e. The van der Waals surface area contributed by atoms with Crippen molar-refractivity contribution in [3.05, 3.63) is 59.7 Å². The van der Waals surface area contributed by atoms with Crippen LogP contribution in [0.5, 0.6) is 0 Å². The first-order chi connectivity index (χ1) is 8.81. The Bertz CT molecular complexity index is 576. The van der Waals surface area contributed by atoms with E-state index in [9.17, 15) is 0 Å². The average Bonchev–Trinajstić information content (AvgIpc) is 2.46. The Morgan fingerprint density at radius 1 is 0.611 bits per heavy atom. The van der Waals surface area contributed by atoms with Crippen LogP contribution in [0.2, 0.25) is 0 Å². The van der Waals surface area contributed by atoms with E-state index in [0.29, 0.717) is 0 Å². The number of azo groups is 1. The highest BCUT2D eigenvalue weighted by atomic mass is 15.1. The minimum atomic E-state index is 0.759. The van der Waals surface area contributed by atoms with Gasteiger partial charge in [-0.15, -0.1) is 12.8 Å². The van der Waals surface area contributed by atoms with Crippen LogP contribution in [0.25, 0.3) is 0 Å². The minimum Gasteiger partial charge on any atom is -0.151 e. The molecule has 0 spiro atoms. The second kappa shape index (κ2) is 5.48. The quantitative estimate of drug-likeness (QED) is 0.549. The molecule has 0 amide bonds. The third-order valence-electron chi connectivity index (χ3n) is 2.35. The van der Waals surface area contributed by atoms with Gasteiger partial charge in [-0.3, -0.25) is 0 Å². The molecule has 0 heterocycles. The molecule has 2 heteroatoms. The molecule has 0 bridgehead atoms. The van der Waals surface area contributed by atoms with Crippen LogP contribution in [0.15, 0.2) is 58.8 Å². The second-order valence-corrected chi connectivity index (χ2v) is 3.58. The normalized spacial score (nSPS) is 9.89. The van der Waals surface area contributed by atoms with Gasteiger partial charge in [-0.05, 0) is 48.5 Å². The van der Waals surface area contributed by atoms with Crippen molar-refractivity contribution in [3.63, 3.8) is 0 Å². The minimum absolute atomic E-state index is 0.759. The molecule has 0 saturated heterocycles. The first-order valence-electron chi connectivity index (χ1n) is 5.37. The molecule has 0 atom stereocenters. The molecule has 2 nitrogen and oxygen atoms in total. The van der Waals surface area contributed by atoms with Crippen molar-refractivity contribution in [1.82, 2.24) is 0 Å². The number of benzene rings is 2. The van der Waals surface area contributed by atoms with Gasteiger partial charge in [-0.1, -0.05) is 11.8 Å². The Hall–Kier alpha value is -2.84. The van der Waals surface area contributed by atoms with Gasteiger partial charge in [0.15, 0.2) is 0 Å². The number of rotatable bonds is 2. The molecule has 0 fully saturated rings. The summed E-state index contributed by atoms with van der Waals surface area (Å²) in [7, 11) is 0. The molecule has 0 aliphatic carbocycles. The van der Waals surface area contributed by atoms with Crippen LogP contribution >= 0.6 is 0 Å². The summed E-state index contributed by atoms with van der Waals surface area (Å²) in [6, 6.07) is 14.6. The highest BCUT2D eigenvalue weighted by Crippen LogP contribution is 2.18. The van der Waals surface area contributed by atoms with Crippen molar-refractivity contribution in [2.24, 2.45) is 10.2 Å². The van der Waals surface area contributed by atoms with Crippen LogP contribution in [-0.4, -0.2) is 0 Å². The molecular formula is C16H10N2. The number of nitrogens with zero attached hydrogens (tertiary/aromatic N) is 2.